The Bertz CT molecular complexity index is 1330. The van der Waals surface area contributed by atoms with Gasteiger partial charge in [0.15, 0.2) is 0 Å². The van der Waals surface area contributed by atoms with Crippen LogP contribution < -0.4 is 9.47 Å². The lowest BCUT2D eigenvalue weighted by Gasteiger charge is -2.28. The van der Waals surface area contributed by atoms with Gasteiger partial charge in [0.1, 0.15) is 34.8 Å². The predicted molar refractivity (Wildman–Crippen MR) is 162 cm³/mol. The molecule has 1 N–H and O–H groups in total. The molecule has 0 spiro atoms. The fraction of sp³-hybridized carbons (Fsp3) is 0.333. The van der Waals surface area contributed by atoms with Gasteiger partial charge in [-0.25, -0.2) is 17.6 Å². The molecule has 0 fully saturated rings. The first-order valence-electron chi connectivity index (χ1n) is 14.9. The second kappa shape index (κ2) is 15.6. The normalized spacial score (nSPS) is 11.5. The molecule has 0 bridgehead atoms. The first-order valence-corrected chi connectivity index (χ1v) is 14.9. The average Bonchev–Trinajstić information content (AvgIpc) is 2.98. The molecule has 0 saturated carbocycles. The summed E-state index contributed by atoms with van der Waals surface area (Å²) in [5, 5.41) is 11.2. The van der Waals surface area contributed by atoms with Gasteiger partial charge in [0.25, 0.3) is 0 Å². The van der Waals surface area contributed by atoms with Gasteiger partial charge >= 0.3 is 0 Å². The molecule has 3 nitrogen and oxygen atoms in total. The van der Waals surface area contributed by atoms with Crippen molar-refractivity contribution in [2.75, 3.05) is 13.2 Å². The van der Waals surface area contributed by atoms with E-state index in [2.05, 4.69) is 0 Å². The lowest BCUT2D eigenvalue weighted by Crippen LogP contribution is -2.28. The Morgan fingerprint density at radius 3 is 1.35 bits per heavy atom. The maximum absolute atomic E-state index is 14.6. The topological polar surface area (TPSA) is 38.7 Å². The van der Waals surface area contributed by atoms with Crippen molar-refractivity contribution in [1.29, 1.82) is 0 Å². The molecule has 0 unspecified atom stereocenters. The Hall–Kier alpha value is -3.84. The molecule has 4 aromatic rings. The highest BCUT2D eigenvalue weighted by atomic mass is 19.1. The molecule has 0 radical (unpaired) electrons. The first kappa shape index (κ1) is 32.1. The minimum Gasteiger partial charge on any atom is -0.493 e. The summed E-state index contributed by atoms with van der Waals surface area (Å²) < 4.78 is 67.0. The molecular formula is C36H38F4O3. The van der Waals surface area contributed by atoms with Crippen molar-refractivity contribution in [3.05, 3.63) is 108 Å². The molecule has 4 aromatic carbocycles. The van der Waals surface area contributed by atoms with Crippen LogP contribution in [0.15, 0.2) is 84.9 Å². The third-order valence-corrected chi connectivity index (χ3v) is 7.52. The van der Waals surface area contributed by atoms with Gasteiger partial charge in [-0.2, -0.15) is 0 Å². The SMILES string of the molecule is CCCC(O)(CCCCOc1ccc(-c2ccc(F)cc2)c(F)c1)CCCCOc1ccc(-c2ccc(F)cc2)c(F)c1. The van der Waals surface area contributed by atoms with E-state index in [0.717, 1.165) is 32.1 Å². The van der Waals surface area contributed by atoms with E-state index >= 15 is 0 Å². The molecule has 0 aliphatic rings. The molecule has 0 amide bonds. The van der Waals surface area contributed by atoms with Gasteiger partial charge in [0, 0.05) is 23.3 Å². The second-order valence-corrected chi connectivity index (χ2v) is 10.9. The number of unbranched alkanes of at least 4 members (excludes halogenated alkanes) is 2. The van der Waals surface area contributed by atoms with E-state index in [9.17, 15) is 22.7 Å². The second-order valence-electron chi connectivity index (χ2n) is 10.9. The van der Waals surface area contributed by atoms with Crippen LogP contribution >= 0.6 is 0 Å². The van der Waals surface area contributed by atoms with Crippen LogP contribution in [0.3, 0.4) is 0 Å². The molecule has 0 aliphatic heterocycles. The molecule has 0 saturated heterocycles. The molecular weight excluding hydrogens is 556 g/mol. The largest absolute Gasteiger partial charge is 0.493 e. The van der Waals surface area contributed by atoms with Crippen LogP contribution in [0.1, 0.15) is 58.3 Å². The summed E-state index contributed by atoms with van der Waals surface area (Å²) in [5.74, 6) is -0.751. The fourth-order valence-electron chi connectivity index (χ4n) is 5.23. The molecule has 4 rings (SSSR count). The highest BCUT2D eigenvalue weighted by Crippen LogP contribution is 2.30. The Labute approximate surface area is 251 Å². The van der Waals surface area contributed by atoms with Crippen molar-refractivity contribution in [3.63, 3.8) is 0 Å². The Balaban J connectivity index is 1.16. The van der Waals surface area contributed by atoms with Crippen molar-refractivity contribution < 1.29 is 32.1 Å². The molecule has 43 heavy (non-hydrogen) atoms. The fourth-order valence-corrected chi connectivity index (χ4v) is 5.23. The highest BCUT2D eigenvalue weighted by Gasteiger charge is 2.24. The molecule has 0 atom stereocenters. The van der Waals surface area contributed by atoms with Crippen LogP contribution in [0.2, 0.25) is 0 Å². The molecule has 0 aliphatic carbocycles. The highest BCUT2D eigenvalue weighted by molar-refractivity contribution is 5.65. The van der Waals surface area contributed by atoms with Gasteiger partial charge < -0.3 is 14.6 Å². The Kier molecular flexibility index (Phi) is 11.6. The number of hydrogen-bond acceptors (Lipinski definition) is 3. The molecule has 228 valence electrons. The van der Waals surface area contributed by atoms with E-state index in [1.165, 1.54) is 60.7 Å². The van der Waals surface area contributed by atoms with E-state index < -0.39 is 17.2 Å². The standard InChI is InChI=1S/C36H38F4O3/c1-2-19-36(41,20-3-5-22-42-30-15-17-32(34(39)24-30)26-7-11-28(37)12-8-26)21-4-6-23-43-31-16-18-33(35(40)25-31)27-9-13-29(38)14-10-27/h7-18,24-25,41H,2-6,19-23H2,1H3. The number of halogens is 4. The van der Waals surface area contributed by atoms with Gasteiger partial charge in [0.2, 0.25) is 0 Å². The molecule has 0 aromatic heterocycles. The lowest BCUT2D eigenvalue weighted by molar-refractivity contribution is 0.00766. The number of hydrogen-bond donors (Lipinski definition) is 1. The van der Waals surface area contributed by atoms with E-state index in [4.69, 9.17) is 9.47 Å². The third-order valence-electron chi connectivity index (χ3n) is 7.52. The summed E-state index contributed by atoms with van der Waals surface area (Å²) in [6.07, 6.45) is 5.80. The first-order chi connectivity index (χ1) is 20.8. The van der Waals surface area contributed by atoms with Crippen molar-refractivity contribution in [2.24, 2.45) is 0 Å². The quantitative estimate of drug-likeness (QED) is 0.104. The number of ether oxygens (including phenoxy) is 2. The lowest BCUT2D eigenvalue weighted by atomic mass is 9.87. The van der Waals surface area contributed by atoms with Crippen LogP contribution in [-0.4, -0.2) is 23.9 Å². The zero-order valence-electron chi connectivity index (χ0n) is 24.4. The maximum Gasteiger partial charge on any atom is 0.134 e. The van der Waals surface area contributed by atoms with E-state index in [1.54, 1.807) is 24.3 Å². The average molecular weight is 595 g/mol. The van der Waals surface area contributed by atoms with E-state index in [1.807, 2.05) is 6.92 Å². The van der Waals surface area contributed by atoms with Crippen LogP contribution in [0.5, 0.6) is 11.5 Å². The van der Waals surface area contributed by atoms with Gasteiger partial charge in [-0.15, -0.1) is 0 Å². The zero-order valence-corrected chi connectivity index (χ0v) is 24.4. The summed E-state index contributed by atoms with van der Waals surface area (Å²) in [6.45, 7) is 2.86. The summed E-state index contributed by atoms with van der Waals surface area (Å²) >= 11 is 0. The number of rotatable bonds is 16. The van der Waals surface area contributed by atoms with Gasteiger partial charge in [-0.05, 0) is 105 Å². The van der Waals surface area contributed by atoms with Crippen molar-refractivity contribution in [3.8, 4) is 33.8 Å². The summed E-state index contributed by atoms with van der Waals surface area (Å²) in [4.78, 5) is 0. The van der Waals surface area contributed by atoms with Crippen molar-refractivity contribution in [2.45, 2.75) is 63.9 Å². The van der Waals surface area contributed by atoms with Crippen LogP contribution in [-0.2, 0) is 0 Å². The predicted octanol–water partition coefficient (Wildman–Crippen LogP) is 9.91. The summed E-state index contributed by atoms with van der Waals surface area (Å²) in [5.41, 5.74) is 1.18. The van der Waals surface area contributed by atoms with E-state index in [0.29, 0.717) is 66.2 Å². The third kappa shape index (κ3) is 9.58. The van der Waals surface area contributed by atoms with Crippen molar-refractivity contribution in [1.82, 2.24) is 0 Å². The zero-order chi connectivity index (χ0) is 30.7. The van der Waals surface area contributed by atoms with Crippen LogP contribution in [0.25, 0.3) is 22.3 Å². The van der Waals surface area contributed by atoms with Crippen LogP contribution in [0, 0.1) is 23.3 Å². The van der Waals surface area contributed by atoms with Crippen molar-refractivity contribution >= 4 is 0 Å². The van der Waals surface area contributed by atoms with Gasteiger partial charge in [-0.1, -0.05) is 37.6 Å². The monoisotopic (exact) mass is 594 g/mol. The molecule has 0 heterocycles. The van der Waals surface area contributed by atoms with Crippen LogP contribution in [0.4, 0.5) is 17.6 Å². The Morgan fingerprint density at radius 2 is 0.977 bits per heavy atom. The molecule has 7 heteroatoms. The smallest absolute Gasteiger partial charge is 0.134 e. The number of aliphatic hydroxyl groups is 1. The maximum atomic E-state index is 14.6. The Morgan fingerprint density at radius 1 is 0.558 bits per heavy atom. The van der Waals surface area contributed by atoms with E-state index in [-0.39, 0.29) is 11.6 Å². The minimum atomic E-state index is -0.777. The summed E-state index contributed by atoms with van der Waals surface area (Å²) in [6, 6.07) is 20.7. The minimum absolute atomic E-state index is 0.371. The van der Waals surface area contributed by atoms with Gasteiger partial charge in [-0.3, -0.25) is 0 Å². The van der Waals surface area contributed by atoms with Gasteiger partial charge in [0.05, 0.1) is 18.8 Å². The summed E-state index contributed by atoms with van der Waals surface area (Å²) in [7, 11) is 0. The number of benzene rings is 4.